The zero-order chi connectivity index (χ0) is 13.2. The van der Waals surface area contributed by atoms with Crippen LogP contribution in [-0.2, 0) is 0 Å². The van der Waals surface area contributed by atoms with E-state index in [1.807, 2.05) is 23.1 Å². The number of carbonyl (C=O) groups excluding carboxylic acids is 1. The summed E-state index contributed by atoms with van der Waals surface area (Å²) in [5, 5.41) is 0.958. The highest BCUT2D eigenvalue weighted by Gasteiger charge is 2.26. The SMILES string of the molecule is O=C(c1ccc2nccnc2c1)N1CCC(CBr)C1. The van der Waals surface area contributed by atoms with Gasteiger partial charge in [-0.1, -0.05) is 15.9 Å². The molecule has 1 atom stereocenters. The van der Waals surface area contributed by atoms with Crippen molar-refractivity contribution in [2.24, 2.45) is 5.92 Å². The number of carbonyl (C=O) groups is 1. The fourth-order valence-corrected chi connectivity index (χ4v) is 2.95. The van der Waals surface area contributed by atoms with E-state index in [-0.39, 0.29) is 5.91 Å². The number of hydrogen-bond donors (Lipinski definition) is 0. The second-order valence-corrected chi connectivity index (χ2v) is 5.47. The number of aromatic nitrogens is 2. The summed E-state index contributed by atoms with van der Waals surface area (Å²) in [6.45, 7) is 1.68. The number of amides is 1. The minimum atomic E-state index is 0.0935. The van der Waals surface area contributed by atoms with E-state index < -0.39 is 0 Å². The van der Waals surface area contributed by atoms with E-state index in [0.29, 0.717) is 11.5 Å². The van der Waals surface area contributed by atoms with Crippen molar-refractivity contribution in [2.45, 2.75) is 6.42 Å². The van der Waals surface area contributed by atoms with Crippen molar-refractivity contribution in [3.63, 3.8) is 0 Å². The van der Waals surface area contributed by atoms with Crippen LogP contribution in [0.4, 0.5) is 0 Å². The van der Waals surface area contributed by atoms with Gasteiger partial charge in [-0.25, -0.2) is 0 Å². The second-order valence-electron chi connectivity index (χ2n) is 4.82. The third-order valence-electron chi connectivity index (χ3n) is 3.51. The van der Waals surface area contributed by atoms with Gasteiger partial charge in [-0.3, -0.25) is 14.8 Å². The van der Waals surface area contributed by atoms with Crippen LogP contribution in [0.3, 0.4) is 0 Å². The van der Waals surface area contributed by atoms with E-state index in [2.05, 4.69) is 25.9 Å². The molecule has 0 radical (unpaired) electrons. The number of rotatable bonds is 2. The average molecular weight is 320 g/mol. The van der Waals surface area contributed by atoms with Gasteiger partial charge < -0.3 is 4.90 Å². The van der Waals surface area contributed by atoms with E-state index in [1.165, 1.54) is 0 Å². The van der Waals surface area contributed by atoms with Crippen LogP contribution < -0.4 is 0 Å². The predicted molar refractivity (Wildman–Crippen MR) is 77.3 cm³/mol. The molecule has 0 bridgehead atoms. The van der Waals surface area contributed by atoms with E-state index >= 15 is 0 Å². The highest BCUT2D eigenvalue weighted by atomic mass is 79.9. The van der Waals surface area contributed by atoms with Crippen LogP contribution >= 0.6 is 15.9 Å². The summed E-state index contributed by atoms with van der Waals surface area (Å²) in [5.74, 6) is 0.667. The summed E-state index contributed by atoms with van der Waals surface area (Å²) in [4.78, 5) is 22.8. The van der Waals surface area contributed by atoms with Gasteiger partial charge in [-0.15, -0.1) is 0 Å². The summed E-state index contributed by atoms with van der Waals surface area (Å²) in [6.07, 6.45) is 4.38. The van der Waals surface area contributed by atoms with E-state index in [4.69, 9.17) is 0 Å². The Morgan fingerprint density at radius 3 is 2.84 bits per heavy atom. The largest absolute Gasteiger partial charge is 0.338 e. The van der Waals surface area contributed by atoms with Crippen molar-refractivity contribution in [2.75, 3.05) is 18.4 Å². The molecule has 2 aromatic rings. The molecule has 2 heterocycles. The first-order valence-electron chi connectivity index (χ1n) is 6.34. The van der Waals surface area contributed by atoms with Crippen molar-refractivity contribution < 1.29 is 4.79 Å². The average Bonchev–Trinajstić information content (AvgIpc) is 2.95. The Kier molecular flexibility index (Phi) is 3.46. The van der Waals surface area contributed by atoms with Gasteiger partial charge in [-0.2, -0.15) is 0 Å². The summed E-state index contributed by atoms with van der Waals surface area (Å²) in [6, 6.07) is 5.51. The zero-order valence-corrected chi connectivity index (χ0v) is 12.0. The first kappa shape index (κ1) is 12.5. The van der Waals surface area contributed by atoms with E-state index in [9.17, 15) is 4.79 Å². The molecule has 98 valence electrons. The minimum Gasteiger partial charge on any atom is -0.338 e. The van der Waals surface area contributed by atoms with Crippen molar-refractivity contribution in [3.8, 4) is 0 Å². The lowest BCUT2D eigenvalue weighted by atomic mass is 10.1. The molecule has 5 heteroatoms. The molecule has 1 aliphatic heterocycles. The van der Waals surface area contributed by atoms with Crippen molar-refractivity contribution >= 4 is 32.9 Å². The first-order valence-corrected chi connectivity index (χ1v) is 7.46. The molecule has 1 aromatic heterocycles. The molecule has 1 amide bonds. The Balaban J connectivity index is 1.85. The van der Waals surface area contributed by atoms with Gasteiger partial charge in [0.2, 0.25) is 0 Å². The molecule has 1 fully saturated rings. The van der Waals surface area contributed by atoms with Crippen molar-refractivity contribution in [1.82, 2.24) is 14.9 Å². The molecule has 0 N–H and O–H groups in total. The maximum absolute atomic E-state index is 12.4. The van der Waals surface area contributed by atoms with Gasteiger partial charge in [0.25, 0.3) is 5.91 Å². The number of benzene rings is 1. The Hall–Kier alpha value is -1.49. The lowest BCUT2D eigenvalue weighted by molar-refractivity contribution is 0.0788. The molecule has 1 unspecified atom stereocenters. The molecule has 0 spiro atoms. The van der Waals surface area contributed by atoms with Gasteiger partial charge in [0.05, 0.1) is 11.0 Å². The van der Waals surface area contributed by atoms with Crippen molar-refractivity contribution in [1.29, 1.82) is 0 Å². The number of hydrogen-bond acceptors (Lipinski definition) is 3. The molecular formula is C14H14BrN3O. The second kappa shape index (κ2) is 5.25. The van der Waals surface area contributed by atoms with E-state index in [0.717, 1.165) is 35.9 Å². The zero-order valence-electron chi connectivity index (χ0n) is 10.4. The molecule has 3 rings (SSSR count). The lowest BCUT2D eigenvalue weighted by Crippen LogP contribution is -2.28. The maximum Gasteiger partial charge on any atom is 0.253 e. The third kappa shape index (κ3) is 2.47. The van der Waals surface area contributed by atoms with Crippen LogP contribution in [0.1, 0.15) is 16.8 Å². The van der Waals surface area contributed by atoms with Gasteiger partial charge in [0.1, 0.15) is 0 Å². The molecule has 1 aliphatic rings. The molecule has 1 saturated heterocycles. The lowest BCUT2D eigenvalue weighted by Gasteiger charge is -2.16. The fourth-order valence-electron chi connectivity index (χ4n) is 2.42. The number of likely N-dealkylation sites (tertiary alicyclic amines) is 1. The molecule has 1 aromatic carbocycles. The van der Waals surface area contributed by atoms with Crippen LogP contribution in [0.5, 0.6) is 0 Å². The van der Waals surface area contributed by atoms with Crippen LogP contribution in [0, 0.1) is 5.92 Å². The molecule has 4 nitrogen and oxygen atoms in total. The van der Waals surface area contributed by atoms with Gasteiger partial charge in [0, 0.05) is 36.4 Å². The van der Waals surface area contributed by atoms with Gasteiger partial charge in [0.15, 0.2) is 0 Å². The Morgan fingerprint density at radius 1 is 1.32 bits per heavy atom. The maximum atomic E-state index is 12.4. The fraction of sp³-hybridized carbons (Fsp3) is 0.357. The molecule has 0 saturated carbocycles. The summed E-state index contributed by atoms with van der Waals surface area (Å²) in [5.41, 5.74) is 2.28. The van der Waals surface area contributed by atoms with Gasteiger partial charge in [-0.05, 0) is 30.5 Å². The molecular weight excluding hydrogens is 306 g/mol. The topological polar surface area (TPSA) is 46.1 Å². The number of nitrogens with zero attached hydrogens (tertiary/aromatic N) is 3. The smallest absolute Gasteiger partial charge is 0.253 e. The Bertz CT molecular complexity index is 616. The Morgan fingerprint density at radius 2 is 2.11 bits per heavy atom. The van der Waals surface area contributed by atoms with Crippen LogP contribution in [0.25, 0.3) is 11.0 Å². The predicted octanol–water partition coefficient (Wildman–Crippen LogP) is 2.49. The normalized spacial score (nSPS) is 19.0. The summed E-state index contributed by atoms with van der Waals surface area (Å²) >= 11 is 3.49. The summed E-state index contributed by atoms with van der Waals surface area (Å²) < 4.78 is 0. The van der Waals surface area contributed by atoms with E-state index in [1.54, 1.807) is 12.4 Å². The number of halogens is 1. The standard InChI is InChI=1S/C14H14BrN3O/c15-8-10-3-6-18(9-10)14(19)11-1-2-12-13(7-11)17-5-4-16-12/h1-2,4-5,7,10H,3,6,8-9H2. The van der Waals surface area contributed by atoms with Crippen LogP contribution in [0.2, 0.25) is 0 Å². The number of alkyl halides is 1. The third-order valence-corrected chi connectivity index (χ3v) is 4.42. The van der Waals surface area contributed by atoms with Crippen molar-refractivity contribution in [3.05, 3.63) is 36.2 Å². The van der Waals surface area contributed by atoms with Crippen LogP contribution in [0.15, 0.2) is 30.6 Å². The highest BCUT2D eigenvalue weighted by molar-refractivity contribution is 9.09. The minimum absolute atomic E-state index is 0.0935. The Labute approximate surface area is 120 Å². The summed E-state index contributed by atoms with van der Waals surface area (Å²) in [7, 11) is 0. The van der Waals surface area contributed by atoms with Gasteiger partial charge >= 0.3 is 0 Å². The van der Waals surface area contributed by atoms with Crippen LogP contribution in [-0.4, -0.2) is 39.2 Å². The molecule has 19 heavy (non-hydrogen) atoms. The quantitative estimate of drug-likeness (QED) is 0.799. The molecule has 0 aliphatic carbocycles. The monoisotopic (exact) mass is 319 g/mol. The highest BCUT2D eigenvalue weighted by Crippen LogP contribution is 2.21. The first-order chi connectivity index (χ1) is 9.28. The number of fused-ring (bicyclic) bond motifs is 1.